The summed E-state index contributed by atoms with van der Waals surface area (Å²) >= 11 is 0. The fourth-order valence-electron chi connectivity index (χ4n) is 1.94. The van der Waals surface area contributed by atoms with Crippen molar-refractivity contribution in [2.24, 2.45) is 0 Å². The Morgan fingerprint density at radius 3 is 1.96 bits per heavy atom. The van der Waals surface area contributed by atoms with Gasteiger partial charge in [0.15, 0.2) is 0 Å². The van der Waals surface area contributed by atoms with E-state index < -0.39 is 16.6 Å². The lowest BCUT2D eigenvalue weighted by molar-refractivity contribution is 0.145. The zero-order valence-corrected chi connectivity index (χ0v) is 18.1. The second-order valence-corrected chi connectivity index (χ2v) is 16.2. The van der Waals surface area contributed by atoms with Crippen molar-refractivity contribution < 1.29 is 18.3 Å². The van der Waals surface area contributed by atoms with Crippen LogP contribution in [0.1, 0.15) is 5.56 Å². The van der Waals surface area contributed by atoms with E-state index in [-0.39, 0.29) is 0 Å². The van der Waals surface area contributed by atoms with Gasteiger partial charge < -0.3 is 18.3 Å². The Kier molecular flexibility index (Phi) is 7.16. The second-order valence-electron chi connectivity index (χ2n) is 7.39. The summed E-state index contributed by atoms with van der Waals surface area (Å²) in [7, 11) is -0.284. The summed E-state index contributed by atoms with van der Waals surface area (Å²) in [5.41, 5.74) is 0.952. The van der Waals surface area contributed by atoms with Crippen LogP contribution in [0.5, 0.6) is 5.75 Å². The van der Waals surface area contributed by atoms with Crippen molar-refractivity contribution >= 4 is 22.7 Å². The van der Waals surface area contributed by atoms with Crippen LogP contribution in [0.2, 0.25) is 39.3 Å². The van der Waals surface area contributed by atoms with Crippen molar-refractivity contribution in [1.29, 1.82) is 0 Å². The second kappa shape index (κ2) is 8.44. The van der Waals surface area contributed by atoms with Crippen molar-refractivity contribution in [2.75, 3.05) is 14.2 Å². The number of ether oxygens (including phenoxy) is 2. The standard InChI is InChI=1S/C18H30O4Si2/c1-19-17-12-10-9-11-15(17)13-16(21-23(3,4)5)14-18(20-2)22-24(6,7)8/h9-14H,1-8H3/b16-13+,18-14-. The summed E-state index contributed by atoms with van der Waals surface area (Å²) in [4.78, 5) is 0. The van der Waals surface area contributed by atoms with E-state index in [1.54, 1.807) is 14.2 Å². The smallest absolute Gasteiger partial charge is 0.268 e. The highest BCUT2D eigenvalue weighted by Crippen LogP contribution is 2.24. The Morgan fingerprint density at radius 1 is 0.875 bits per heavy atom. The van der Waals surface area contributed by atoms with Crippen LogP contribution >= 0.6 is 0 Å². The molecule has 134 valence electrons. The molecule has 0 spiro atoms. The van der Waals surface area contributed by atoms with E-state index in [1.807, 2.05) is 36.4 Å². The number of hydrogen-bond donors (Lipinski definition) is 0. The van der Waals surface area contributed by atoms with Crippen LogP contribution in [0.25, 0.3) is 6.08 Å². The van der Waals surface area contributed by atoms with Crippen molar-refractivity contribution in [2.45, 2.75) is 39.3 Å². The predicted molar refractivity (Wildman–Crippen MR) is 105 cm³/mol. The third-order valence-electron chi connectivity index (χ3n) is 2.73. The molecule has 0 aliphatic rings. The van der Waals surface area contributed by atoms with E-state index >= 15 is 0 Å². The largest absolute Gasteiger partial charge is 0.544 e. The van der Waals surface area contributed by atoms with Gasteiger partial charge in [0.1, 0.15) is 11.5 Å². The van der Waals surface area contributed by atoms with E-state index in [0.29, 0.717) is 11.7 Å². The molecule has 0 saturated carbocycles. The van der Waals surface area contributed by atoms with Crippen LogP contribution in [0.15, 0.2) is 42.0 Å². The third kappa shape index (κ3) is 7.74. The molecule has 24 heavy (non-hydrogen) atoms. The van der Waals surface area contributed by atoms with Crippen LogP contribution in [-0.4, -0.2) is 30.9 Å². The Labute approximate surface area is 148 Å². The zero-order valence-electron chi connectivity index (χ0n) is 16.1. The number of rotatable bonds is 8. The molecule has 0 N–H and O–H groups in total. The lowest BCUT2D eigenvalue weighted by Crippen LogP contribution is -2.26. The molecule has 0 atom stereocenters. The summed E-state index contributed by atoms with van der Waals surface area (Å²) in [5.74, 6) is 2.00. The van der Waals surface area contributed by atoms with E-state index in [9.17, 15) is 0 Å². The van der Waals surface area contributed by atoms with Gasteiger partial charge in [-0.25, -0.2) is 0 Å². The monoisotopic (exact) mass is 366 g/mol. The van der Waals surface area contributed by atoms with Gasteiger partial charge in [0.05, 0.1) is 20.3 Å². The predicted octanol–water partition coefficient (Wildman–Crippen LogP) is 5.23. The molecule has 0 amide bonds. The first kappa shape index (κ1) is 20.4. The molecule has 0 bridgehead atoms. The topological polar surface area (TPSA) is 36.9 Å². The quantitative estimate of drug-likeness (QED) is 0.359. The van der Waals surface area contributed by atoms with Crippen LogP contribution in [-0.2, 0) is 13.6 Å². The van der Waals surface area contributed by atoms with Gasteiger partial charge in [-0.2, -0.15) is 0 Å². The maximum Gasteiger partial charge on any atom is 0.268 e. The van der Waals surface area contributed by atoms with Gasteiger partial charge in [-0.3, -0.25) is 0 Å². The minimum Gasteiger partial charge on any atom is -0.544 e. The molecule has 1 aromatic carbocycles. The molecule has 6 heteroatoms. The Bertz CT molecular complexity index is 596. The highest BCUT2D eigenvalue weighted by molar-refractivity contribution is 6.70. The molecule has 0 aromatic heterocycles. The summed E-state index contributed by atoms with van der Waals surface area (Å²) in [6.07, 6.45) is 3.78. The lowest BCUT2D eigenvalue weighted by atomic mass is 10.2. The zero-order chi connectivity index (χ0) is 18.4. The fourth-order valence-corrected chi connectivity index (χ4v) is 3.51. The van der Waals surface area contributed by atoms with Gasteiger partial charge in [0, 0.05) is 5.56 Å². The molecule has 0 fully saturated rings. The molecule has 4 nitrogen and oxygen atoms in total. The number of allylic oxidation sites excluding steroid dienone is 1. The summed E-state index contributed by atoms with van der Waals surface area (Å²) < 4.78 is 23.0. The highest BCUT2D eigenvalue weighted by Gasteiger charge is 2.21. The van der Waals surface area contributed by atoms with E-state index in [4.69, 9.17) is 18.3 Å². The Morgan fingerprint density at radius 2 is 1.46 bits per heavy atom. The summed E-state index contributed by atoms with van der Waals surface area (Å²) in [6.45, 7) is 12.8. The first-order chi connectivity index (χ1) is 11.0. The van der Waals surface area contributed by atoms with Gasteiger partial charge in [-0.15, -0.1) is 0 Å². The molecular formula is C18H30O4Si2. The van der Waals surface area contributed by atoms with Crippen molar-refractivity contribution in [3.05, 3.63) is 47.6 Å². The van der Waals surface area contributed by atoms with E-state index in [1.165, 1.54) is 0 Å². The SMILES string of the molecule is CO/C(=C/C(=C\c1ccccc1OC)O[Si](C)(C)C)O[Si](C)(C)C. The Hall–Kier alpha value is -1.67. The highest BCUT2D eigenvalue weighted by atomic mass is 28.4. The van der Waals surface area contributed by atoms with E-state index in [0.717, 1.165) is 11.3 Å². The maximum atomic E-state index is 6.21. The molecule has 1 rings (SSSR count). The lowest BCUT2D eigenvalue weighted by Gasteiger charge is -2.23. The fraction of sp³-hybridized carbons (Fsp3) is 0.444. The number of methoxy groups -OCH3 is 2. The molecular weight excluding hydrogens is 336 g/mol. The first-order valence-corrected chi connectivity index (χ1v) is 14.8. The molecule has 0 saturated heterocycles. The minimum absolute atomic E-state index is 0.480. The van der Waals surface area contributed by atoms with Gasteiger partial charge in [0.2, 0.25) is 16.6 Å². The van der Waals surface area contributed by atoms with Crippen molar-refractivity contribution in [3.8, 4) is 5.75 Å². The third-order valence-corrected chi connectivity index (χ3v) is 4.39. The van der Waals surface area contributed by atoms with Gasteiger partial charge in [-0.05, 0) is 51.4 Å². The van der Waals surface area contributed by atoms with Crippen molar-refractivity contribution in [3.63, 3.8) is 0 Å². The molecule has 0 aliphatic carbocycles. The molecule has 0 heterocycles. The average molecular weight is 367 g/mol. The average Bonchev–Trinajstić information content (AvgIpc) is 2.43. The van der Waals surface area contributed by atoms with Crippen LogP contribution < -0.4 is 4.74 Å². The van der Waals surface area contributed by atoms with Crippen LogP contribution in [0.3, 0.4) is 0 Å². The summed E-state index contributed by atoms with van der Waals surface area (Å²) in [6, 6.07) is 7.84. The number of benzene rings is 1. The molecule has 0 radical (unpaired) electrons. The number of hydrogen-bond acceptors (Lipinski definition) is 4. The first-order valence-electron chi connectivity index (χ1n) is 8.02. The maximum absolute atomic E-state index is 6.21. The molecule has 1 aromatic rings. The van der Waals surface area contributed by atoms with Gasteiger partial charge in [0.25, 0.3) is 5.95 Å². The minimum atomic E-state index is -1.79. The molecule has 0 aliphatic heterocycles. The van der Waals surface area contributed by atoms with Crippen molar-refractivity contribution in [1.82, 2.24) is 0 Å². The summed E-state index contributed by atoms with van der Waals surface area (Å²) in [5, 5.41) is 0. The van der Waals surface area contributed by atoms with E-state index in [2.05, 4.69) is 39.3 Å². The van der Waals surface area contributed by atoms with Gasteiger partial charge in [-0.1, -0.05) is 18.2 Å². The van der Waals surface area contributed by atoms with Crippen LogP contribution in [0.4, 0.5) is 0 Å². The normalized spacial score (nSPS) is 13.5. The number of para-hydroxylation sites is 1. The van der Waals surface area contributed by atoms with Crippen LogP contribution in [0, 0.1) is 0 Å². The Balaban J connectivity index is 3.27. The molecule has 0 unspecified atom stereocenters. The van der Waals surface area contributed by atoms with Gasteiger partial charge >= 0.3 is 0 Å².